The minimum Gasteiger partial charge on any atom is -0.310 e. The Bertz CT molecular complexity index is 3100. The summed E-state index contributed by atoms with van der Waals surface area (Å²) < 4.78 is 2.60. The molecule has 11 rings (SSSR count). The van der Waals surface area contributed by atoms with Crippen LogP contribution in [0.5, 0.6) is 0 Å². The van der Waals surface area contributed by atoms with E-state index in [0.29, 0.717) is 0 Å². The van der Waals surface area contributed by atoms with Gasteiger partial charge in [0.15, 0.2) is 0 Å². The van der Waals surface area contributed by atoms with Gasteiger partial charge in [0.05, 0.1) is 0 Å². The van der Waals surface area contributed by atoms with Gasteiger partial charge in [-0.3, -0.25) is 0 Å². The maximum Gasteiger partial charge on any atom is 0.0475 e. The molecule has 10 aromatic carbocycles. The Hall–Kier alpha value is -7.00. The van der Waals surface area contributed by atoms with Crippen LogP contribution >= 0.6 is 11.3 Å². The van der Waals surface area contributed by atoms with Crippen LogP contribution in [0.4, 0.5) is 17.1 Å². The van der Waals surface area contributed by atoms with Gasteiger partial charge in [-0.15, -0.1) is 11.3 Å². The first-order chi connectivity index (χ1) is 27.8. The molecule has 11 aromatic rings. The van der Waals surface area contributed by atoms with Crippen molar-refractivity contribution in [1.29, 1.82) is 0 Å². The van der Waals surface area contributed by atoms with Crippen LogP contribution in [0.15, 0.2) is 212 Å². The van der Waals surface area contributed by atoms with Crippen molar-refractivity contribution in [3.8, 4) is 33.4 Å². The number of fused-ring (bicyclic) bond motifs is 9. The monoisotopic (exact) mass is 729 g/mol. The number of rotatable bonds is 6. The highest BCUT2D eigenvalue weighted by Gasteiger charge is 2.20. The molecule has 262 valence electrons. The first kappa shape index (κ1) is 32.4. The molecular weight excluding hydrogens is 695 g/mol. The van der Waals surface area contributed by atoms with Gasteiger partial charge >= 0.3 is 0 Å². The molecule has 1 nitrogen and oxygen atoms in total. The minimum atomic E-state index is 1.11. The van der Waals surface area contributed by atoms with E-state index in [9.17, 15) is 0 Å². The number of benzene rings is 10. The Morgan fingerprint density at radius 2 is 0.696 bits per heavy atom. The Balaban J connectivity index is 1.15. The van der Waals surface area contributed by atoms with E-state index in [1.165, 1.54) is 85.9 Å². The summed E-state index contributed by atoms with van der Waals surface area (Å²) in [5.41, 5.74) is 10.6. The predicted octanol–water partition coefficient (Wildman–Crippen LogP) is 16.0. The van der Waals surface area contributed by atoms with Crippen LogP contribution in [0.2, 0.25) is 0 Å². The van der Waals surface area contributed by atoms with Gasteiger partial charge in [-0.25, -0.2) is 0 Å². The summed E-state index contributed by atoms with van der Waals surface area (Å²) in [6, 6.07) is 77.7. The molecule has 0 aliphatic carbocycles. The molecule has 0 fully saturated rings. The number of hydrogen-bond donors (Lipinski definition) is 0. The van der Waals surface area contributed by atoms with Crippen molar-refractivity contribution in [2.24, 2.45) is 0 Å². The molecule has 1 aromatic heterocycles. The fraction of sp³-hybridized carbons (Fsp3) is 0. The lowest BCUT2D eigenvalue weighted by molar-refractivity contribution is 1.29. The van der Waals surface area contributed by atoms with Crippen molar-refractivity contribution in [3.05, 3.63) is 212 Å². The van der Waals surface area contributed by atoms with Crippen LogP contribution in [0.3, 0.4) is 0 Å². The average molecular weight is 730 g/mol. The molecule has 0 aliphatic heterocycles. The quantitative estimate of drug-likeness (QED) is 0.154. The van der Waals surface area contributed by atoms with Gasteiger partial charge in [-0.05, 0) is 109 Å². The van der Waals surface area contributed by atoms with Crippen LogP contribution in [-0.2, 0) is 0 Å². The van der Waals surface area contributed by atoms with Crippen molar-refractivity contribution in [3.63, 3.8) is 0 Å². The zero-order valence-electron chi connectivity index (χ0n) is 30.6. The summed E-state index contributed by atoms with van der Waals surface area (Å²) >= 11 is 1.89. The highest BCUT2D eigenvalue weighted by Crippen LogP contribution is 2.47. The third-order valence-corrected chi connectivity index (χ3v) is 12.5. The lowest BCUT2D eigenvalue weighted by atomic mass is 9.91. The maximum atomic E-state index is 2.43. The normalized spacial score (nSPS) is 11.6. The topological polar surface area (TPSA) is 3.24 Å². The van der Waals surface area contributed by atoms with Crippen LogP contribution in [-0.4, -0.2) is 0 Å². The molecule has 2 heteroatoms. The summed E-state index contributed by atoms with van der Waals surface area (Å²) in [4.78, 5) is 2.42. The van der Waals surface area contributed by atoms with Crippen molar-refractivity contribution in [1.82, 2.24) is 0 Å². The van der Waals surface area contributed by atoms with Crippen molar-refractivity contribution in [2.45, 2.75) is 0 Å². The second kappa shape index (κ2) is 13.4. The smallest absolute Gasteiger partial charge is 0.0475 e. The van der Waals surface area contributed by atoms with Gasteiger partial charge in [0.1, 0.15) is 0 Å². The molecule has 0 unspecified atom stereocenters. The molecule has 0 saturated heterocycles. The van der Waals surface area contributed by atoms with E-state index in [4.69, 9.17) is 0 Å². The molecule has 0 saturated carbocycles. The zero-order valence-corrected chi connectivity index (χ0v) is 31.4. The van der Waals surface area contributed by atoms with Gasteiger partial charge in [0.2, 0.25) is 0 Å². The highest BCUT2D eigenvalue weighted by molar-refractivity contribution is 7.26. The Morgan fingerprint density at radius 3 is 1.25 bits per heavy atom. The third-order valence-electron chi connectivity index (χ3n) is 11.2. The summed E-state index contributed by atoms with van der Waals surface area (Å²) in [5, 5.41) is 10.3. The number of thiophene rings is 1. The lowest BCUT2D eigenvalue weighted by Gasteiger charge is -2.27. The van der Waals surface area contributed by atoms with Gasteiger partial charge in [-0.1, -0.05) is 164 Å². The summed E-state index contributed by atoms with van der Waals surface area (Å²) in [5.74, 6) is 0. The van der Waals surface area contributed by atoms with Crippen LogP contribution in [0, 0.1) is 0 Å². The largest absolute Gasteiger partial charge is 0.310 e. The van der Waals surface area contributed by atoms with Crippen LogP contribution in [0.25, 0.3) is 85.9 Å². The average Bonchev–Trinajstić information content (AvgIpc) is 3.66. The van der Waals surface area contributed by atoms with Gasteiger partial charge in [-0.2, -0.15) is 0 Å². The molecule has 1 heterocycles. The fourth-order valence-corrected chi connectivity index (χ4v) is 9.76. The Morgan fingerprint density at radius 1 is 0.268 bits per heavy atom. The number of hydrogen-bond acceptors (Lipinski definition) is 2. The molecule has 0 atom stereocenters. The molecule has 0 N–H and O–H groups in total. The van der Waals surface area contributed by atoms with E-state index in [0.717, 1.165) is 17.1 Å². The van der Waals surface area contributed by atoms with E-state index in [2.05, 4.69) is 217 Å². The molecular formula is C54H35NS. The molecule has 0 bridgehead atoms. The standard InChI is InChI=1S/C54H35NS/c1-3-13-36(14-4-1)38-23-28-41(29-24-38)55(42-30-25-39(26-31-42)37-15-5-2-6-16-37)43-34-50(54-52(35-43)49-21-11-12-22-53(49)56-54)40-27-32-48-46-19-8-7-17-44(46)45-18-9-10-20-47(45)51(48)33-40/h1-35H. The number of nitrogens with zero attached hydrogens (tertiary/aromatic N) is 1. The maximum absolute atomic E-state index is 2.43. The molecule has 0 radical (unpaired) electrons. The van der Waals surface area contributed by atoms with Gasteiger partial charge in [0.25, 0.3) is 0 Å². The zero-order chi connectivity index (χ0) is 37.0. The van der Waals surface area contributed by atoms with E-state index in [1.807, 2.05) is 11.3 Å². The molecule has 0 aliphatic rings. The fourth-order valence-electron chi connectivity index (χ4n) is 8.54. The summed E-state index contributed by atoms with van der Waals surface area (Å²) in [6.45, 7) is 0. The first-order valence-electron chi connectivity index (χ1n) is 19.2. The van der Waals surface area contributed by atoms with Gasteiger partial charge < -0.3 is 4.90 Å². The van der Waals surface area contributed by atoms with Crippen LogP contribution < -0.4 is 4.90 Å². The van der Waals surface area contributed by atoms with Gasteiger partial charge in [0, 0.05) is 42.8 Å². The second-order valence-corrected chi connectivity index (χ2v) is 15.5. The molecule has 0 spiro atoms. The Labute approximate surface area is 330 Å². The molecule has 0 amide bonds. The van der Waals surface area contributed by atoms with E-state index >= 15 is 0 Å². The van der Waals surface area contributed by atoms with Crippen LogP contribution in [0.1, 0.15) is 0 Å². The van der Waals surface area contributed by atoms with E-state index < -0.39 is 0 Å². The van der Waals surface area contributed by atoms with E-state index in [1.54, 1.807) is 0 Å². The highest BCUT2D eigenvalue weighted by atomic mass is 32.1. The molecule has 56 heavy (non-hydrogen) atoms. The summed E-state index contributed by atoms with van der Waals surface area (Å²) in [6.07, 6.45) is 0. The Kier molecular flexibility index (Phi) is 7.75. The minimum absolute atomic E-state index is 1.11. The van der Waals surface area contributed by atoms with Crippen molar-refractivity contribution < 1.29 is 0 Å². The number of anilines is 3. The lowest BCUT2D eigenvalue weighted by Crippen LogP contribution is -2.10. The predicted molar refractivity (Wildman–Crippen MR) is 243 cm³/mol. The SMILES string of the molecule is c1ccc(-c2ccc(N(c3ccc(-c4ccccc4)cc3)c3cc(-c4ccc5c6ccccc6c6ccccc6c5c4)c4sc5ccccc5c4c3)cc2)cc1. The summed E-state index contributed by atoms with van der Waals surface area (Å²) in [7, 11) is 0. The van der Waals surface area contributed by atoms with Crippen molar-refractivity contribution >= 4 is 80.9 Å². The second-order valence-electron chi connectivity index (χ2n) is 14.5. The van der Waals surface area contributed by atoms with E-state index in [-0.39, 0.29) is 0 Å². The van der Waals surface area contributed by atoms with Crippen molar-refractivity contribution in [2.75, 3.05) is 4.90 Å². The third kappa shape index (κ3) is 5.46. The first-order valence-corrected chi connectivity index (χ1v) is 20.0.